The minimum atomic E-state index is 0.311. The standard InChI is InChI=1S/C16H23NO2/c1-11-9-17(10-12(2)19-11)16-5-3-4-13-8-14(18)6-7-15(13)16/h6-8,11-12,16,18H,3-5,9-10H2,1-2H3/t11-,12+,16?. The number of rotatable bonds is 1. The number of benzene rings is 1. The van der Waals surface area contributed by atoms with Crippen LogP contribution < -0.4 is 0 Å². The summed E-state index contributed by atoms with van der Waals surface area (Å²) in [4.78, 5) is 2.56. The molecule has 3 heteroatoms. The van der Waals surface area contributed by atoms with Crippen LogP contribution in [0.5, 0.6) is 5.75 Å². The Morgan fingerprint density at radius 1 is 1.21 bits per heavy atom. The number of hydrogen-bond donors (Lipinski definition) is 1. The molecule has 1 heterocycles. The molecule has 19 heavy (non-hydrogen) atoms. The van der Waals surface area contributed by atoms with Crippen molar-refractivity contribution in [1.29, 1.82) is 0 Å². The third-order valence-electron chi connectivity index (χ3n) is 4.30. The van der Waals surface area contributed by atoms with Gasteiger partial charge in [0.05, 0.1) is 12.2 Å². The lowest BCUT2D eigenvalue weighted by molar-refractivity contribution is -0.0827. The van der Waals surface area contributed by atoms with Crippen LogP contribution in [-0.4, -0.2) is 35.3 Å². The van der Waals surface area contributed by atoms with Gasteiger partial charge in [-0.1, -0.05) is 6.07 Å². The Kier molecular flexibility index (Phi) is 3.50. The number of nitrogens with zero attached hydrogens (tertiary/aromatic N) is 1. The molecular formula is C16H23NO2. The maximum absolute atomic E-state index is 9.64. The van der Waals surface area contributed by atoms with Gasteiger partial charge in [-0.25, -0.2) is 0 Å². The Labute approximate surface area is 115 Å². The molecule has 1 unspecified atom stereocenters. The number of fused-ring (bicyclic) bond motifs is 1. The summed E-state index contributed by atoms with van der Waals surface area (Å²) in [5.41, 5.74) is 2.73. The van der Waals surface area contributed by atoms with Gasteiger partial charge < -0.3 is 9.84 Å². The molecule has 1 N–H and O–H groups in total. The molecule has 1 aromatic rings. The van der Waals surface area contributed by atoms with Gasteiger partial charge in [0.2, 0.25) is 0 Å². The van der Waals surface area contributed by atoms with E-state index in [1.165, 1.54) is 24.0 Å². The molecule has 3 nitrogen and oxygen atoms in total. The lowest BCUT2D eigenvalue weighted by Gasteiger charge is -2.42. The molecule has 1 aliphatic heterocycles. The number of aryl methyl sites for hydroxylation is 1. The van der Waals surface area contributed by atoms with Crippen molar-refractivity contribution in [2.24, 2.45) is 0 Å². The highest BCUT2D eigenvalue weighted by atomic mass is 16.5. The van der Waals surface area contributed by atoms with E-state index in [1.54, 1.807) is 0 Å². The summed E-state index contributed by atoms with van der Waals surface area (Å²) >= 11 is 0. The van der Waals surface area contributed by atoms with Crippen LogP contribution in [0.2, 0.25) is 0 Å². The Bertz CT molecular complexity index is 450. The van der Waals surface area contributed by atoms with E-state index in [1.807, 2.05) is 12.1 Å². The lowest BCUT2D eigenvalue weighted by atomic mass is 9.86. The molecular weight excluding hydrogens is 238 g/mol. The van der Waals surface area contributed by atoms with Crippen LogP contribution in [0.1, 0.15) is 43.9 Å². The van der Waals surface area contributed by atoms with Gasteiger partial charge in [0, 0.05) is 19.1 Å². The quantitative estimate of drug-likeness (QED) is 0.843. The molecule has 0 saturated carbocycles. The highest BCUT2D eigenvalue weighted by Gasteiger charge is 2.31. The van der Waals surface area contributed by atoms with Gasteiger partial charge >= 0.3 is 0 Å². The highest BCUT2D eigenvalue weighted by Crippen LogP contribution is 2.37. The number of ether oxygens (including phenoxy) is 1. The molecule has 3 rings (SSSR count). The summed E-state index contributed by atoms with van der Waals surface area (Å²) < 4.78 is 5.83. The molecule has 1 aliphatic carbocycles. The molecule has 0 radical (unpaired) electrons. The van der Waals surface area contributed by atoms with Crippen LogP contribution in [0.25, 0.3) is 0 Å². The zero-order chi connectivity index (χ0) is 13.4. The third kappa shape index (κ3) is 2.63. The number of morpholine rings is 1. The van der Waals surface area contributed by atoms with Crippen LogP contribution in [0.3, 0.4) is 0 Å². The second-order valence-electron chi connectivity index (χ2n) is 6.00. The number of phenolic OH excluding ortho intramolecular Hbond substituents is 1. The van der Waals surface area contributed by atoms with Crippen molar-refractivity contribution in [3.63, 3.8) is 0 Å². The van der Waals surface area contributed by atoms with Crippen LogP contribution in [0, 0.1) is 0 Å². The van der Waals surface area contributed by atoms with Crippen LogP contribution >= 0.6 is 0 Å². The summed E-state index contributed by atoms with van der Waals surface area (Å²) in [5, 5.41) is 9.64. The van der Waals surface area contributed by atoms with Gasteiger partial charge in [-0.2, -0.15) is 0 Å². The molecule has 3 atom stereocenters. The zero-order valence-corrected chi connectivity index (χ0v) is 11.8. The Balaban J connectivity index is 1.86. The van der Waals surface area contributed by atoms with E-state index in [4.69, 9.17) is 4.74 Å². The number of aromatic hydroxyl groups is 1. The van der Waals surface area contributed by atoms with E-state index in [0.717, 1.165) is 19.5 Å². The average molecular weight is 261 g/mol. The minimum Gasteiger partial charge on any atom is -0.508 e. The van der Waals surface area contributed by atoms with Gasteiger partial charge in [0.25, 0.3) is 0 Å². The summed E-state index contributed by atoms with van der Waals surface area (Å²) in [7, 11) is 0. The fraction of sp³-hybridized carbons (Fsp3) is 0.625. The monoisotopic (exact) mass is 261 g/mol. The van der Waals surface area contributed by atoms with Gasteiger partial charge in [-0.15, -0.1) is 0 Å². The minimum absolute atomic E-state index is 0.311. The van der Waals surface area contributed by atoms with E-state index in [-0.39, 0.29) is 0 Å². The molecule has 1 aromatic carbocycles. The smallest absolute Gasteiger partial charge is 0.115 e. The molecule has 1 fully saturated rings. The fourth-order valence-corrected chi connectivity index (χ4v) is 3.63. The van der Waals surface area contributed by atoms with Gasteiger partial charge in [0.15, 0.2) is 0 Å². The van der Waals surface area contributed by atoms with Crippen molar-refractivity contribution in [1.82, 2.24) is 4.90 Å². The number of phenols is 1. The Morgan fingerprint density at radius 2 is 1.95 bits per heavy atom. The van der Waals surface area contributed by atoms with Gasteiger partial charge in [0.1, 0.15) is 5.75 Å². The summed E-state index contributed by atoms with van der Waals surface area (Å²) in [5.74, 6) is 0.392. The van der Waals surface area contributed by atoms with Crippen molar-refractivity contribution in [2.45, 2.75) is 51.4 Å². The molecule has 0 amide bonds. The Morgan fingerprint density at radius 3 is 2.68 bits per heavy atom. The first-order chi connectivity index (χ1) is 9.13. The summed E-state index contributed by atoms with van der Waals surface area (Å²) in [6.45, 7) is 6.33. The second-order valence-corrected chi connectivity index (χ2v) is 6.00. The summed E-state index contributed by atoms with van der Waals surface area (Å²) in [6.07, 6.45) is 4.14. The van der Waals surface area contributed by atoms with Crippen LogP contribution in [0.4, 0.5) is 0 Å². The van der Waals surface area contributed by atoms with E-state index in [2.05, 4.69) is 24.8 Å². The molecule has 2 aliphatic rings. The molecule has 1 saturated heterocycles. The average Bonchev–Trinajstić information content (AvgIpc) is 2.36. The first kappa shape index (κ1) is 12.9. The van der Waals surface area contributed by atoms with E-state index >= 15 is 0 Å². The van der Waals surface area contributed by atoms with Crippen LogP contribution in [0.15, 0.2) is 18.2 Å². The van der Waals surface area contributed by atoms with Crippen molar-refractivity contribution in [3.8, 4) is 5.75 Å². The van der Waals surface area contributed by atoms with E-state index in [9.17, 15) is 5.11 Å². The normalized spacial score (nSPS) is 32.0. The SMILES string of the molecule is C[C@@H]1CN(C2CCCc3cc(O)ccc32)C[C@H](C)O1. The predicted molar refractivity (Wildman–Crippen MR) is 75.4 cm³/mol. The topological polar surface area (TPSA) is 32.7 Å². The molecule has 0 aromatic heterocycles. The largest absolute Gasteiger partial charge is 0.508 e. The number of hydrogen-bond acceptors (Lipinski definition) is 3. The van der Waals surface area contributed by atoms with Crippen molar-refractivity contribution >= 4 is 0 Å². The Hall–Kier alpha value is -1.06. The van der Waals surface area contributed by atoms with E-state index in [0.29, 0.717) is 24.0 Å². The van der Waals surface area contributed by atoms with Crippen molar-refractivity contribution in [2.75, 3.05) is 13.1 Å². The fourth-order valence-electron chi connectivity index (χ4n) is 3.63. The third-order valence-corrected chi connectivity index (χ3v) is 4.30. The van der Waals surface area contributed by atoms with Crippen LogP contribution in [-0.2, 0) is 11.2 Å². The molecule has 0 bridgehead atoms. The molecule has 0 spiro atoms. The maximum atomic E-state index is 9.64. The van der Waals surface area contributed by atoms with Gasteiger partial charge in [-0.05, 0) is 56.4 Å². The lowest BCUT2D eigenvalue weighted by Crippen LogP contribution is -2.47. The zero-order valence-electron chi connectivity index (χ0n) is 11.8. The predicted octanol–water partition coefficient (Wildman–Crippen LogP) is 2.88. The second kappa shape index (κ2) is 5.14. The van der Waals surface area contributed by atoms with Gasteiger partial charge in [-0.3, -0.25) is 4.90 Å². The first-order valence-electron chi connectivity index (χ1n) is 7.35. The highest BCUT2D eigenvalue weighted by molar-refractivity contribution is 5.38. The first-order valence-corrected chi connectivity index (χ1v) is 7.35. The van der Waals surface area contributed by atoms with Crippen molar-refractivity contribution in [3.05, 3.63) is 29.3 Å². The van der Waals surface area contributed by atoms with E-state index < -0.39 is 0 Å². The summed E-state index contributed by atoms with van der Waals surface area (Å²) in [6, 6.07) is 6.37. The van der Waals surface area contributed by atoms with Crippen molar-refractivity contribution < 1.29 is 9.84 Å². The molecule has 104 valence electrons. The maximum Gasteiger partial charge on any atom is 0.115 e.